The molecule has 0 saturated heterocycles. The maximum atomic E-state index is 12.0. The van der Waals surface area contributed by atoms with E-state index in [1.54, 1.807) is 13.8 Å². The van der Waals surface area contributed by atoms with E-state index in [2.05, 4.69) is 14.9 Å². The van der Waals surface area contributed by atoms with Gasteiger partial charge in [0.05, 0.1) is 18.9 Å². The highest BCUT2D eigenvalue weighted by Gasteiger charge is 2.25. The topological polar surface area (TPSA) is 121 Å². The summed E-state index contributed by atoms with van der Waals surface area (Å²) >= 11 is 0. The van der Waals surface area contributed by atoms with Crippen molar-refractivity contribution in [1.82, 2.24) is 14.9 Å². The molecule has 1 aromatic heterocycles. The predicted molar refractivity (Wildman–Crippen MR) is 70.6 cm³/mol. The number of rotatable bonds is 8. The van der Waals surface area contributed by atoms with Crippen LogP contribution in [0.15, 0.2) is 11.2 Å². The fourth-order valence-corrected chi connectivity index (χ4v) is 2.60. The molecule has 0 aliphatic carbocycles. The monoisotopic (exact) mass is 305 g/mol. The second-order valence-corrected chi connectivity index (χ2v) is 5.79. The first-order valence-electron chi connectivity index (χ1n) is 6.30. The van der Waals surface area contributed by atoms with E-state index in [9.17, 15) is 18.3 Å². The molecular formula is C11H19N3O5S. The number of nitrogens with zero attached hydrogens (tertiary/aromatic N) is 1. The van der Waals surface area contributed by atoms with Crippen LogP contribution < -0.4 is 4.72 Å². The summed E-state index contributed by atoms with van der Waals surface area (Å²) in [5.74, 6) is -0.754. The van der Waals surface area contributed by atoms with Gasteiger partial charge in [0.1, 0.15) is 5.56 Å². The fourth-order valence-electron chi connectivity index (χ4n) is 1.47. The maximum Gasteiger partial charge on any atom is 0.342 e. The molecule has 0 bridgehead atoms. The fraction of sp³-hybridized carbons (Fsp3) is 0.636. The lowest BCUT2D eigenvalue weighted by atomic mass is 10.2. The zero-order chi connectivity index (χ0) is 15.2. The van der Waals surface area contributed by atoms with Gasteiger partial charge in [-0.25, -0.2) is 17.9 Å². The molecule has 3 N–H and O–H groups in total. The summed E-state index contributed by atoms with van der Waals surface area (Å²) in [7, 11) is -3.89. The molecule has 0 aromatic carbocycles. The average Bonchev–Trinajstić information content (AvgIpc) is 2.88. The third-order valence-electron chi connectivity index (χ3n) is 2.61. The molecule has 0 radical (unpaired) electrons. The number of aromatic amines is 1. The van der Waals surface area contributed by atoms with E-state index in [-0.39, 0.29) is 23.7 Å². The largest absolute Gasteiger partial charge is 0.462 e. The van der Waals surface area contributed by atoms with Crippen molar-refractivity contribution in [2.75, 3.05) is 13.2 Å². The molecule has 1 aromatic rings. The highest BCUT2D eigenvalue weighted by molar-refractivity contribution is 7.89. The zero-order valence-corrected chi connectivity index (χ0v) is 12.2. The van der Waals surface area contributed by atoms with Gasteiger partial charge >= 0.3 is 5.97 Å². The summed E-state index contributed by atoms with van der Waals surface area (Å²) in [6, 6.07) is 0. The summed E-state index contributed by atoms with van der Waals surface area (Å²) in [5.41, 5.74) is -0.143. The molecule has 0 aliphatic rings. The Bertz CT molecular complexity index is 540. The third-order valence-corrected chi connectivity index (χ3v) is 4.04. The molecule has 0 saturated carbocycles. The van der Waals surface area contributed by atoms with Crippen LogP contribution in [0.4, 0.5) is 0 Å². The number of aliphatic hydroxyl groups is 1. The minimum Gasteiger partial charge on any atom is -0.462 e. The van der Waals surface area contributed by atoms with Gasteiger partial charge < -0.3 is 9.84 Å². The van der Waals surface area contributed by atoms with Gasteiger partial charge in [-0.15, -0.1) is 0 Å². The second kappa shape index (κ2) is 7.36. The molecule has 1 heterocycles. The van der Waals surface area contributed by atoms with Crippen molar-refractivity contribution in [2.24, 2.45) is 0 Å². The summed E-state index contributed by atoms with van der Waals surface area (Å²) in [4.78, 5) is 11.6. The number of carbonyl (C=O) groups is 1. The SMILES string of the molecule is CCOC(=O)c1cn[nH]c1S(=O)(=O)NCCC(O)CC. The van der Waals surface area contributed by atoms with Crippen molar-refractivity contribution in [1.29, 1.82) is 0 Å². The van der Waals surface area contributed by atoms with Crippen molar-refractivity contribution in [2.45, 2.75) is 37.8 Å². The molecule has 9 heteroatoms. The first kappa shape index (κ1) is 16.6. The molecule has 20 heavy (non-hydrogen) atoms. The van der Waals surface area contributed by atoms with E-state index in [0.717, 1.165) is 6.20 Å². The first-order chi connectivity index (χ1) is 9.42. The Hall–Kier alpha value is -1.45. The van der Waals surface area contributed by atoms with Crippen molar-refractivity contribution < 1.29 is 23.1 Å². The minimum absolute atomic E-state index is 0.0681. The van der Waals surface area contributed by atoms with Crippen molar-refractivity contribution in [3.63, 3.8) is 0 Å². The Labute approximate surface area is 117 Å². The van der Waals surface area contributed by atoms with Crippen LogP contribution in [0, 0.1) is 0 Å². The Balaban J connectivity index is 2.78. The molecule has 0 fully saturated rings. The van der Waals surface area contributed by atoms with Gasteiger partial charge in [0, 0.05) is 6.54 Å². The van der Waals surface area contributed by atoms with E-state index in [4.69, 9.17) is 4.74 Å². The van der Waals surface area contributed by atoms with E-state index >= 15 is 0 Å². The highest BCUT2D eigenvalue weighted by atomic mass is 32.2. The summed E-state index contributed by atoms with van der Waals surface area (Å²) < 4.78 is 31.1. The Kier molecular flexibility index (Phi) is 6.11. The molecule has 8 nitrogen and oxygen atoms in total. The third kappa shape index (κ3) is 4.29. The molecule has 114 valence electrons. The molecule has 0 spiro atoms. The smallest absolute Gasteiger partial charge is 0.342 e. The van der Waals surface area contributed by atoms with Gasteiger partial charge in [-0.2, -0.15) is 5.10 Å². The van der Waals surface area contributed by atoms with E-state index in [1.165, 1.54) is 0 Å². The van der Waals surface area contributed by atoms with Gasteiger partial charge in [0.15, 0.2) is 5.03 Å². The number of aliphatic hydroxyl groups excluding tert-OH is 1. The van der Waals surface area contributed by atoms with Gasteiger partial charge in [0.25, 0.3) is 10.0 Å². The predicted octanol–water partition coefficient (Wildman–Crippen LogP) is 0.0257. The number of hydrogen-bond acceptors (Lipinski definition) is 6. The maximum absolute atomic E-state index is 12.0. The molecule has 1 rings (SSSR count). The summed E-state index contributed by atoms with van der Waals surface area (Å²) in [5, 5.41) is 14.9. The molecule has 1 atom stereocenters. The van der Waals surface area contributed by atoms with Crippen molar-refractivity contribution >= 4 is 16.0 Å². The quantitative estimate of drug-likeness (QED) is 0.582. The van der Waals surface area contributed by atoms with Gasteiger partial charge in [-0.3, -0.25) is 5.10 Å². The standard InChI is InChI=1S/C11H19N3O5S/c1-3-8(15)5-6-13-20(17,18)10-9(7-12-14-10)11(16)19-4-2/h7-8,13,15H,3-6H2,1-2H3,(H,12,14). The molecular weight excluding hydrogens is 286 g/mol. The number of nitrogens with one attached hydrogen (secondary N) is 2. The normalized spacial score (nSPS) is 13.2. The van der Waals surface area contributed by atoms with Crippen molar-refractivity contribution in [3.05, 3.63) is 11.8 Å². The Morgan fingerprint density at radius 3 is 2.85 bits per heavy atom. The number of esters is 1. The lowest BCUT2D eigenvalue weighted by Crippen LogP contribution is -2.28. The van der Waals surface area contributed by atoms with Crippen LogP contribution in [0.2, 0.25) is 0 Å². The van der Waals surface area contributed by atoms with Gasteiger partial charge in [-0.05, 0) is 19.8 Å². The lowest BCUT2D eigenvalue weighted by Gasteiger charge is -2.09. The highest BCUT2D eigenvalue weighted by Crippen LogP contribution is 2.13. The van der Waals surface area contributed by atoms with Crippen LogP contribution in [-0.2, 0) is 14.8 Å². The van der Waals surface area contributed by atoms with Crippen LogP contribution in [0.5, 0.6) is 0 Å². The minimum atomic E-state index is -3.89. The molecule has 0 aliphatic heterocycles. The van der Waals surface area contributed by atoms with Gasteiger partial charge in [0.2, 0.25) is 0 Å². The zero-order valence-electron chi connectivity index (χ0n) is 11.4. The number of hydrogen-bond donors (Lipinski definition) is 3. The van der Waals surface area contributed by atoms with Crippen LogP contribution in [0.25, 0.3) is 0 Å². The van der Waals surface area contributed by atoms with Gasteiger partial charge in [-0.1, -0.05) is 6.92 Å². The Morgan fingerprint density at radius 2 is 2.25 bits per heavy atom. The Morgan fingerprint density at radius 1 is 1.55 bits per heavy atom. The second-order valence-electron chi connectivity index (χ2n) is 4.08. The number of sulfonamides is 1. The molecule has 0 amide bonds. The first-order valence-corrected chi connectivity index (χ1v) is 7.78. The number of aromatic nitrogens is 2. The summed E-state index contributed by atoms with van der Waals surface area (Å²) in [6.45, 7) is 3.63. The van der Waals surface area contributed by atoms with E-state index in [0.29, 0.717) is 12.8 Å². The number of H-pyrrole nitrogens is 1. The summed E-state index contributed by atoms with van der Waals surface area (Å²) in [6.07, 6.45) is 1.37. The van der Waals surface area contributed by atoms with E-state index in [1.807, 2.05) is 0 Å². The number of carbonyl (C=O) groups excluding carboxylic acids is 1. The van der Waals surface area contributed by atoms with Crippen molar-refractivity contribution in [3.8, 4) is 0 Å². The van der Waals surface area contributed by atoms with E-state index < -0.39 is 22.1 Å². The van der Waals surface area contributed by atoms with Crippen LogP contribution in [0.3, 0.4) is 0 Å². The average molecular weight is 305 g/mol. The lowest BCUT2D eigenvalue weighted by molar-refractivity contribution is 0.0521. The molecule has 1 unspecified atom stereocenters. The van der Waals surface area contributed by atoms with Crippen LogP contribution in [-0.4, -0.2) is 48.9 Å². The number of ether oxygens (including phenoxy) is 1. The van der Waals surface area contributed by atoms with Crippen LogP contribution in [0.1, 0.15) is 37.0 Å². The van der Waals surface area contributed by atoms with Crippen LogP contribution >= 0.6 is 0 Å².